The SMILES string of the molecule is CN=C(NCc1csc(-c2ccccc2)n1)N1CCN(c2ccccc2O)CC1.I. The van der Waals surface area contributed by atoms with Crippen molar-refractivity contribution in [1.29, 1.82) is 0 Å². The summed E-state index contributed by atoms with van der Waals surface area (Å²) < 4.78 is 0. The number of rotatable bonds is 4. The highest BCUT2D eigenvalue weighted by atomic mass is 127. The van der Waals surface area contributed by atoms with Gasteiger partial charge in [0.25, 0.3) is 0 Å². The molecule has 30 heavy (non-hydrogen) atoms. The molecular formula is C22H26IN5OS. The molecule has 0 amide bonds. The molecule has 0 saturated carbocycles. The second kappa shape index (κ2) is 10.6. The molecule has 0 bridgehead atoms. The maximum absolute atomic E-state index is 10.1. The number of aromatic hydroxyl groups is 1. The van der Waals surface area contributed by atoms with Crippen LogP contribution in [0.5, 0.6) is 5.75 Å². The molecule has 0 spiro atoms. The minimum absolute atomic E-state index is 0. The number of nitrogens with zero attached hydrogens (tertiary/aromatic N) is 4. The number of hydrogen-bond acceptors (Lipinski definition) is 5. The highest BCUT2D eigenvalue weighted by Crippen LogP contribution is 2.27. The van der Waals surface area contributed by atoms with Crippen molar-refractivity contribution in [2.75, 3.05) is 38.1 Å². The first-order valence-electron chi connectivity index (χ1n) is 9.73. The van der Waals surface area contributed by atoms with Crippen molar-refractivity contribution in [2.45, 2.75) is 6.54 Å². The molecule has 3 aromatic rings. The zero-order valence-electron chi connectivity index (χ0n) is 16.9. The zero-order valence-corrected chi connectivity index (χ0v) is 20.0. The van der Waals surface area contributed by atoms with Crippen LogP contribution in [0.1, 0.15) is 5.69 Å². The van der Waals surface area contributed by atoms with Gasteiger partial charge in [0, 0.05) is 44.2 Å². The summed E-state index contributed by atoms with van der Waals surface area (Å²) in [5, 5.41) is 16.7. The predicted octanol–water partition coefficient (Wildman–Crippen LogP) is 4.03. The number of guanidine groups is 1. The zero-order chi connectivity index (χ0) is 20.1. The fourth-order valence-electron chi connectivity index (χ4n) is 3.49. The van der Waals surface area contributed by atoms with Crippen molar-refractivity contribution in [3.05, 3.63) is 65.7 Å². The second-order valence-corrected chi connectivity index (χ2v) is 7.73. The van der Waals surface area contributed by atoms with E-state index in [0.29, 0.717) is 12.3 Å². The molecule has 158 valence electrons. The summed E-state index contributed by atoms with van der Waals surface area (Å²) in [4.78, 5) is 13.7. The average molecular weight is 535 g/mol. The lowest BCUT2D eigenvalue weighted by Crippen LogP contribution is -2.52. The molecule has 0 aliphatic carbocycles. The van der Waals surface area contributed by atoms with Gasteiger partial charge in [0.05, 0.1) is 17.9 Å². The van der Waals surface area contributed by atoms with E-state index in [4.69, 9.17) is 4.98 Å². The van der Waals surface area contributed by atoms with Gasteiger partial charge < -0.3 is 20.2 Å². The molecule has 1 fully saturated rings. The second-order valence-electron chi connectivity index (χ2n) is 6.87. The first-order chi connectivity index (χ1) is 14.2. The molecule has 0 atom stereocenters. The third kappa shape index (κ3) is 5.23. The van der Waals surface area contributed by atoms with Crippen LogP contribution in [-0.4, -0.2) is 54.2 Å². The minimum atomic E-state index is 0. The molecule has 1 aliphatic rings. The Morgan fingerprint density at radius 2 is 1.77 bits per heavy atom. The number of halogens is 1. The number of aliphatic imine (C=N–C) groups is 1. The van der Waals surface area contributed by atoms with Crippen LogP contribution in [0.4, 0.5) is 5.69 Å². The standard InChI is InChI=1S/C22H25N5OS.HI/c1-23-22(24-15-18-16-29-21(25-18)17-7-3-2-4-8-17)27-13-11-26(12-14-27)19-9-5-6-10-20(19)28;/h2-10,16,28H,11-15H2,1H3,(H,23,24);1H. The van der Waals surface area contributed by atoms with Gasteiger partial charge in [-0.1, -0.05) is 42.5 Å². The number of thiazole rings is 1. The first-order valence-corrected chi connectivity index (χ1v) is 10.6. The highest BCUT2D eigenvalue weighted by Gasteiger charge is 2.21. The number of para-hydroxylation sites is 2. The number of phenolic OH excluding ortho intramolecular Hbond substituents is 1. The number of hydrogen-bond donors (Lipinski definition) is 2. The minimum Gasteiger partial charge on any atom is -0.506 e. The van der Waals surface area contributed by atoms with Crippen LogP contribution in [-0.2, 0) is 6.54 Å². The molecule has 0 radical (unpaired) electrons. The van der Waals surface area contributed by atoms with E-state index in [9.17, 15) is 5.11 Å². The van der Waals surface area contributed by atoms with E-state index < -0.39 is 0 Å². The molecule has 2 N–H and O–H groups in total. The monoisotopic (exact) mass is 535 g/mol. The molecule has 0 unspecified atom stereocenters. The largest absolute Gasteiger partial charge is 0.506 e. The smallest absolute Gasteiger partial charge is 0.194 e. The normalized spacial score (nSPS) is 14.4. The molecule has 4 rings (SSSR count). The molecule has 1 aromatic heterocycles. The van der Waals surface area contributed by atoms with Crippen LogP contribution < -0.4 is 10.2 Å². The van der Waals surface area contributed by atoms with Crippen molar-refractivity contribution in [3.8, 4) is 16.3 Å². The fourth-order valence-corrected chi connectivity index (χ4v) is 4.32. The lowest BCUT2D eigenvalue weighted by molar-refractivity contribution is 0.369. The van der Waals surface area contributed by atoms with E-state index in [-0.39, 0.29) is 24.0 Å². The highest BCUT2D eigenvalue weighted by molar-refractivity contribution is 14.0. The van der Waals surface area contributed by atoms with Gasteiger partial charge in [-0.05, 0) is 12.1 Å². The molecular weight excluding hydrogens is 509 g/mol. The van der Waals surface area contributed by atoms with E-state index >= 15 is 0 Å². The van der Waals surface area contributed by atoms with E-state index in [1.54, 1.807) is 17.4 Å². The number of anilines is 1. The number of phenols is 1. The van der Waals surface area contributed by atoms with Crippen molar-refractivity contribution in [1.82, 2.24) is 15.2 Å². The van der Waals surface area contributed by atoms with Crippen molar-refractivity contribution in [3.63, 3.8) is 0 Å². The van der Waals surface area contributed by atoms with Gasteiger partial charge in [0.1, 0.15) is 10.8 Å². The van der Waals surface area contributed by atoms with Crippen molar-refractivity contribution >= 4 is 47.0 Å². The molecule has 8 heteroatoms. The van der Waals surface area contributed by atoms with Gasteiger partial charge in [0.15, 0.2) is 5.96 Å². The van der Waals surface area contributed by atoms with Gasteiger partial charge in [0.2, 0.25) is 0 Å². The quantitative estimate of drug-likeness (QED) is 0.300. The van der Waals surface area contributed by atoms with E-state index in [0.717, 1.165) is 54.1 Å². The number of piperazine rings is 1. The van der Waals surface area contributed by atoms with Gasteiger partial charge in [-0.25, -0.2) is 4.98 Å². The van der Waals surface area contributed by atoms with Crippen molar-refractivity contribution in [2.24, 2.45) is 4.99 Å². The van der Waals surface area contributed by atoms with Crippen LogP contribution >= 0.6 is 35.3 Å². The summed E-state index contributed by atoms with van der Waals surface area (Å²) in [5.41, 5.74) is 3.06. The molecule has 1 aliphatic heterocycles. The Morgan fingerprint density at radius 3 is 2.47 bits per heavy atom. The predicted molar refractivity (Wildman–Crippen MR) is 135 cm³/mol. The number of benzene rings is 2. The van der Waals surface area contributed by atoms with Crippen LogP contribution in [0, 0.1) is 0 Å². The number of aromatic nitrogens is 1. The Bertz CT molecular complexity index is 970. The van der Waals surface area contributed by atoms with E-state index in [2.05, 4.69) is 37.6 Å². The summed E-state index contributed by atoms with van der Waals surface area (Å²) in [6.45, 7) is 4.02. The first kappa shape index (κ1) is 22.4. The Kier molecular flexibility index (Phi) is 7.92. The summed E-state index contributed by atoms with van der Waals surface area (Å²) in [5.74, 6) is 1.22. The lowest BCUT2D eigenvalue weighted by atomic mass is 10.2. The Hall–Kier alpha value is -2.33. The van der Waals surface area contributed by atoms with Crippen LogP contribution in [0.15, 0.2) is 65.0 Å². The van der Waals surface area contributed by atoms with Crippen LogP contribution in [0.25, 0.3) is 10.6 Å². The third-order valence-corrected chi connectivity index (χ3v) is 5.95. The van der Waals surface area contributed by atoms with Crippen LogP contribution in [0.2, 0.25) is 0 Å². The fraction of sp³-hybridized carbons (Fsp3) is 0.273. The van der Waals surface area contributed by atoms with Gasteiger partial charge in [-0.15, -0.1) is 35.3 Å². The third-order valence-electron chi connectivity index (χ3n) is 5.01. The van der Waals surface area contributed by atoms with Crippen molar-refractivity contribution < 1.29 is 5.11 Å². The molecule has 2 aromatic carbocycles. The summed E-state index contributed by atoms with van der Waals surface area (Å²) >= 11 is 1.66. The Balaban J connectivity index is 0.00000256. The Labute approximate surface area is 198 Å². The average Bonchev–Trinajstić information content (AvgIpc) is 3.25. The maximum atomic E-state index is 10.1. The summed E-state index contributed by atoms with van der Waals surface area (Å²) in [6.07, 6.45) is 0. The summed E-state index contributed by atoms with van der Waals surface area (Å²) in [7, 11) is 1.81. The van der Waals surface area contributed by atoms with Gasteiger partial charge in [-0.3, -0.25) is 4.99 Å². The lowest BCUT2D eigenvalue weighted by Gasteiger charge is -2.37. The van der Waals surface area contributed by atoms with Crippen LogP contribution in [0.3, 0.4) is 0 Å². The van der Waals surface area contributed by atoms with Gasteiger partial charge in [-0.2, -0.15) is 0 Å². The van der Waals surface area contributed by atoms with E-state index in [1.807, 2.05) is 43.4 Å². The molecule has 1 saturated heterocycles. The maximum Gasteiger partial charge on any atom is 0.194 e. The number of nitrogens with one attached hydrogen (secondary N) is 1. The van der Waals surface area contributed by atoms with Gasteiger partial charge >= 0.3 is 0 Å². The molecule has 2 heterocycles. The van der Waals surface area contributed by atoms with E-state index in [1.165, 1.54) is 0 Å². The topological polar surface area (TPSA) is 64.0 Å². The molecule has 6 nitrogen and oxygen atoms in total. The summed E-state index contributed by atoms with van der Waals surface area (Å²) in [6, 6.07) is 17.8. The Morgan fingerprint density at radius 1 is 1.07 bits per heavy atom.